The second-order valence-corrected chi connectivity index (χ2v) is 6.39. The Balaban J connectivity index is 1.54. The van der Waals surface area contributed by atoms with E-state index in [1.165, 1.54) is 12.1 Å². The normalized spacial score (nSPS) is 15.1. The monoisotopic (exact) mass is 383 g/mol. The van der Waals surface area contributed by atoms with Crippen LogP contribution in [0.25, 0.3) is 0 Å². The van der Waals surface area contributed by atoms with Crippen LogP contribution >= 0.6 is 11.6 Å². The minimum absolute atomic E-state index is 0.319. The lowest BCUT2D eigenvalue weighted by atomic mass is 10.2. The first-order chi connectivity index (χ1) is 12.3. The van der Waals surface area contributed by atoms with E-state index in [-0.39, 0.29) is 6.03 Å². The van der Waals surface area contributed by atoms with E-state index in [0.717, 1.165) is 17.8 Å². The molecule has 2 amide bonds. The summed E-state index contributed by atoms with van der Waals surface area (Å²) in [6, 6.07) is 11.6. The zero-order valence-electron chi connectivity index (χ0n) is 13.8. The topological polar surface area (TPSA) is 35.6 Å². The summed E-state index contributed by atoms with van der Waals surface area (Å²) in [5.74, 6) is 0. The highest BCUT2D eigenvalue weighted by atomic mass is 35.5. The Morgan fingerprint density at radius 1 is 0.923 bits per heavy atom. The number of hydrogen-bond donors (Lipinski definition) is 1. The van der Waals surface area contributed by atoms with Crippen molar-refractivity contribution in [2.75, 3.05) is 36.4 Å². The number of rotatable bonds is 2. The van der Waals surface area contributed by atoms with E-state index in [1.807, 2.05) is 24.3 Å². The van der Waals surface area contributed by atoms with Gasteiger partial charge in [-0.3, -0.25) is 0 Å². The average Bonchev–Trinajstić information content (AvgIpc) is 2.62. The molecule has 0 aliphatic carbocycles. The molecule has 3 rings (SSSR count). The van der Waals surface area contributed by atoms with E-state index in [2.05, 4.69) is 10.2 Å². The third-order valence-corrected chi connectivity index (χ3v) is 4.47. The molecule has 0 aromatic heterocycles. The maximum absolute atomic E-state index is 12.6. The molecule has 1 fully saturated rings. The Labute approximate surface area is 154 Å². The summed E-state index contributed by atoms with van der Waals surface area (Å²) in [6.45, 7) is 2.38. The number of amides is 2. The van der Waals surface area contributed by atoms with Crippen molar-refractivity contribution in [2.45, 2.75) is 6.18 Å². The van der Waals surface area contributed by atoms with E-state index < -0.39 is 11.7 Å². The summed E-state index contributed by atoms with van der Waals surface area (Å²) in [6.07, 6.45) is -4.39. The van der Waals surface area contributed by atoms with Crippen LogP contribution in [-0.4, -0.2) is 37.1 Å². The standard InChI is InChI=1S/C18H17ClF3N3O/c19-14-3-7-16(8-4-14)24-9-11-25(12-10-24)17(26)23-15-5-1-13(2-6-15)18(20,21)22/h1-8H,9-12H2,(H,23,26). The summed E-state index contributed by atoms with van der Waals surface area (Å²) in [4.78, 5) is 16.1. The molecule has 0 saturated carbocycles. The first-order valence-electron chi connectivity index (χ1n) is 8.06. The predicted molar refractivity (Wildman–Crippen MR) is 95.7 cm³/mol. The highest BCUT2D eigenvalue weighted by molar-refractivity contribution is 6.30. The molecule has 26 heavy (non-hydrogen) atoms. The van der Waals surface area contributed by atoms with Gasteiger partial charge in [0.05, 0.1) is 5.56 Å². The van der Waals surface area contributed by atoms with Crippen LogP contribution in [-0.2, 0) is 6.18 Å². The quantitative estimate of drug-likeness (QED) is 0.815. The first kappa shape index (κ1) is 18.4. The van der Waals surface area contributed by atoms with Crippen LogP contribution in [0.2, 0.25) is 5.02 Å². The fraction of sp³-hybridized carbons (Fsp3) is 0.278. The van der Waals surface area contributed by atoms with Gasteiger partial charge in [0.1, 0.15) is 0 Å². The van der Waals surface area contributed by atoms with Gasteiger partial charge in [-0.05, 0) is 48.5 Å². The van der Waals surface area contributed by atoms with Gasteiger partial charge in [0.2, 0.25) is 0 Å². The lowest BCUT2D eigenvalue weighted by Crippen LogP contribution is -2.50. The molecule has 1 N–H and O–H groups in total. The Hall–Kier alpha value is -2.41. The van der Waals surface area contributed by atoms with Crippen LogP contribution in [0.4, 0.5) is 29.3 Å². The van der Waals surface area contributed by atoms with Gasteiger partial charge in [-0.25, -0.2) is 4.79 Å². The lowest BCUT2D eigenvalue weighted by molar-refractivity contribution is -0.137. The summed E-state index contributed by atoms with van der Waals surface area (Å²) >= 11 is 5.88. The van der Waals surface area contributed by atoms with Gasteiger partial charge in [0, 0.05) is 42.6 Å². The highest BCUT2D eigenvalue weighted by Crippen LogP contribution is 2.30. The molecular weight excluding hydrogens is 367 g/mol. The highest BCUT2D eigenvalue weighted by Gasteiger charge is 2.30. The second kappa shape index (κ2) is 7.45. The third-order valence-electron chi connectivity index (χ3n) is 4.22. The van der Waals surface area contributed by atoms with Crippen LogP contribution in [0.15, 0.2) is 48.5 Å². The van der Waals surface area contributed by atoms with E-state index in [4.69, 9.17) is 11.6 Å². The molecule has 0 radical (unpaired) electrons. The van der Waals surface area contributed by atoms with Crippen molar-refractivity contribution < 1.29 is 18.0 Å². The number of nitrogens with zero attached hydrogens (tertiary/aromatic N) is 2. The Morgan fingerprint density at radius 3 is 2.04 bits per heavy atom. The number of anilines is 2. The van der Waals surface area contributed by atoms with Crippen LogP contribution < -0.4 is 10.2 Å². The molecule has 1 heterocycles. The predicted octanol–water partition coefficient (Wildman–Crippen LogP) is 4.71. The van der Waals surface area contributed by atoms with Crippen molar-refractivity contribution in [3.05, 3.63) is 59.1 Å². The number of carbonyl (C=O) groups is 1. The summed E-state index contributed by atoms with van der Waals surface area (Å²) in [5, 5.41) is 3.31. The van der Waals surface area contributed by atoms with Crippen molar-refractivity contribution in [1.29, 1.82) is 0 Å². The van der Waals surface area contributed by atoms with Crippen LogP contribution in [0.3, 0.4) is 0 Å². The molecule has 2 aromatic carbocycles. The molecule has 0 unspecified atom stereocenters. The minimum Gasteiger partial charge on any atom is -0.368 e. The van der Waals surface area contributed by atoms with Crippen molar-refractivity contribution in [3.63, 3.8) is 0 Å². The van der Waals surface area contributed by atoms with Gasteiger partial charge < -0.3 is 15.1 Å². The summed E-state index contributed by atoms with van der Waals surface area (Å²) in [7, 11) is 0. The molecule has 4 nitrogen and oxygen atoms in total. The molecule has 0 atom stereocenters. The SMILES string of the molecule is O=C(Nc1ccc(C(F)(F)F)cc1)N1CCN(c2ccc(Cl)cc2)CC1. The maximum atomic E-state index is 12.6. The second-order valence-electron chi connectivity index (χ2n) is 5.96. The van der Waals surface area contributed by atoms with E-state index in [1.54, 1.807) is 4.90 Å². The van der Waals surface area contributed by atoms with Crippen molar-refractivity contribution in [1.82, 2.24) is 4.90 Å². The van der Waals surface area contributed by atoms with E-state index in [0.29, 0.717) is 36.9 Å². The number of benzene rings is 2. The number of hydrogen-bond acceptors (Lipinski definition) is 2. The molecule has 1 aliphatic heterocycles. The van der Waals surface area contributed by atoms with Gasteiger partial charge >= 0.3 is 12.2 Å². The fourth-order valence-corrected chi connectivity index (χ4v) is 2.89. The number of halogens is 4. The Bertz CT molecular complexity index is 755. The van der Waals surface area contributed by atoms with Gasteiger partial charge in [-0.1, -0.05) is 11.6 Å². The number of carbonyl (C=O) groups excluding carboxylic acids is 1. The van der Waals surface area contributed by atoms with Gasteiger partial charge in [0.25, 0.3) is 0 Å². The Kier molecular flexibility index (Phi) is 5.27. The largest absolute Gasteiger partial charge is 0.416 e. The molecular formula is C18H17ClF3N3O. The zero-order chi connectivity index (χ0) is 18.7. The van der Waals surface area contributed by atoms with E-state index >= 15 is 0 Å². The first-order valence-corrected chi connectivity index (χ1v) is 8.44. The molecule has 138 valence electrons. The van der Waals surface area contributed by atoms with Gasteiger partial charge in [-0.15, -0.1) is 0 Å². The van der Waals surface area contributed by atoms with Crippen LogP contribution in [0.1, 0.15) is 5.56 Å². The number of alkyl halides is 3. The van der Waals surface area contributed by atoms with Crippen molar-refractivity contribution in [2.24, 2.45) is 0 Å². The summed E-state index contributed by atoms with van der Waals surface area (Å²) < 4.78 is 37.7. The fourth-order valence-electron chi connectivity index (χ4n) is 2.76. The molecule has 1 saturated heterocycles. The number of nitrogens with one attached hydrogen (secondary N) is 1. The average molecular weight is 384 g/mol. The lowest BCUT2D eigenvalue weighted by Gasteiger charge is -2.36. The van der Waals surface area contributed by atoms with Crippen LogP contribution in [0, 0.1) is 0 Å². The summed E-state index contributed by atoms with van der Waals surface area (Å²) in [5.41, 5.74) is 0.632. The zero-order valence-corrected chi connectivity index (χ0v) is 14.5. The molecule has 0 bridgehead atoms. The number of piperazine rings is 1. The van der Waals surface area contributed by atoms with Crippen molar-refractivity contribution in [3.8, 4) is 0 Å². The minimum atomic E-state index is -4.39. The smallest absolute Gasteiger partial charge is 0.368 e. The Morgan fingerprint density at radius 2 is 1.50 bits per heavy atom. The number of urea groups is 1. The molecule has 8 heteroatoms. The van der Waals surface area contributed by atoms with Gasteiger partial charge in [0.15, 0.2) is 0 Å². The van der Waals surface area contributed by atoms with E-state index in [9.17, 15) is 18.0 Å². The third kappa shape index (κ3) is 4.40. The van der Waals surface area contributed by atoms with Crippen LogP contribution in [0.5, 0.6) is 0 Å². The van der Waals surface area contributed by atoms with Gasteiger partial charge in [-0.2, -0.15) is 13.2 Å². The maximum Gasteiger partial charge on any atom is 0.416 e. The van der Waals surface area contributed by atoms with Crippen molar-refractivity contribution >= 4 is 29.0 Å². The molecule has 2 aromatic rings. The molecule has 1 aliphatic rings. The molecule has 0 spiro atoms.